The molecule has 1 atom stereocenters. The van der Waals surface area contributed by atoms with Crippen LogP contribution in [-0.4, -0.2) is 49.6 Å². The number of amides is 1. The molecule has 0 radical (unpaired) electrons. The normalized spacial score (nSPS) is 18.8. The van der Waals surface area contributed by atoms with Crippen LogP contribution in [0.15, 0.2) is 36.7 Å². The first-order chi connectivity index (χ1) is 14.7. The number of hydrogen-bond donors (Lipinski definition) is 1. The first-order valence-electron chi connectivity index (χ1n) is 10.7. The minimum absolute atomic E-state index is 0.00174. The van der Waals surface area contributed by atoms with E-state index in [1.165, 1.54) is 18.5 Å². The van der Waals surface area contributed by atoms with E-state index in [0.29, 0.717) is 0 Å². The third-order valence-electron chi connectivity index (χ3n) is 6.14. The fourth-order valence-corrected chi connectivity index (χ4v) is 4.45. The SMILES string of the molecule is Cn1cc(-c2nnc3n2CCC(NC(=O)c2ccc(N4CCCC4)cc2)CC3)cn1. The molecule has 1 amide bonds. The van der Waals surface area contributed by atoms with E-state index in [1.54, 1.807) is 4.68 Å². The Balaban J connectivity index is 1.23. The molecular formula is C22H27N7O. The molecule has 0 saturated carbocycles. The molecule has 2 aliphatic rings. The molecule has 8 nitrogen and oxygen atoms in total. The van der Waals surface area contributed by atoms with Crippen molar-refractivity contribution in [3.63, 3.8) is 0 Å². The summed E-state index contributed by atoms with van der Waals surface area (Å²) in [5.41, 5.74) is 2.90. The van der Waals surface area contributed by atoms with Crippen LogP contribution in [0.3, 0.4) is 0 Å². The van der Waals surface area contributed by atoms with E-state index in [2.05, 4.69) is 42.2 Å². The van der Waals surface area contributed by atoms with E-state index in [4.69, 9.17) is 0 Å². The van der Waals surface area contributed by atoms with Gasteiger partial charge in [-0.3, -0.25) is 9.48 Å². The molecule has 1 aromatic carbocycles. The second kappa shape index (κ2) is 7.93. The van der Waals surface area contributed by atoms with E-state index in [9.17, 15) is 4.79 Å². The number of carbonyl (C=O) groups is 1. The number of fused-ring (bicyclic) bond motifs is 1. The van der Waals surface area contributed by atoms with Crippen molar-refractivity contribution in [1.82, 2.24) is 29.9 Å². The van der Waals surface area contributed by atoms with E-state index in [-0.39, 0.29) is 11.9 Å². The van der Waals surface area contributed by atoms with Crippen LogP contribution in [0.1, 0.15) is 41.9 Å². The van der Waals surface area contributed by atoms with Crippen molar-refractivity contribution in [3.05, 3.63) is 48.0 Å². The predicted molar refractivity (Wildman–Crippen MR) is 114 cm³/mol. The molecule has 1 saturated heterocycles. The fourth-order valence-electron chi connectivity index (χ4n) is 4.45. The number of rotatable bonds is 4. The maximum Gasteiger partial charge on any atom is 0.251 e. The Hall–Kier alpha value is -3.16. The Morgan fingerprint density at radius 1 is 1.07 bits per heavy atom. The number of benzene rings is 1. The van der Waals surface area contributed by atoms with Crippen LogP contribution in [0.4, 0.5) is 5.69 Å². The molecule has 1 fully saturated rings. The van der Waals surface area contributed by atoms with Crippen molar-refractivity contribution in [2.45, 2.75) is 44.7 Å². The lowest BCUT2D eigenvalue weighted by molar-refractivity contribution is 0.0933. The Bertz CT molecular complexity index is 1030. The van der Waals surface area contributed by atoms with E-state index in [0.717, 1.165) is 61.7 Å². The van der Waals surface area contributed by atoms with E-state index < -0.39 is 0 Å². The van der Waals surface area contributed by atoms with Crippen molar-refractivity contribution in [2.24, 2.45) is 7.05 Å². The van der Waals surface area contributed by atoms with Gasteiger partial charge in [-0.15, -0.1) is 10.2 Å². The molecule has 3 aromatic rings. The molecule has 0 bridgehead atoms. The third-order valence-corrected chi connectivity index (χ3v) is 6.14. The van der Waals surface area contributed by atoms with Crippen molar-refractivity contribution in [2.75, 3.05) is 18.0 Å². The standard InChI is InChI=1S/C22H27N7O/c1-27-15-17(14-23-27)21-26-25-20-9-6-18(10-13-29(20)21)24-22(30)16-4-7-19(8-5-16)28-11-2-3-12-28/h4-5,7-8,14-15,18H,2-3,6,9-13H2,1H3,(H,24,30). The average molecular weight is 406 g/mol. The van der Waals surface area contributed by atoms with Crippen molar-refractivity contribution >= 4 is 11.6 Å². The van der Waals surface area contributed by atoms with Crippen molar-refractivity contribution < 1.29 is 4.79 Å². The lowest BCUT2D eigenvalue weighted by Gasteiger charge is -2.19. The first-order valence-corrected chi connectivity index (χ1v) is 10.7. The Morgan fingerprint density at radius 3 is 2.60 bits per heavy atom. The van der Waals surface area contributed by atoms with Crippen LogP contribution < -0.4 is 10.2 Å². The predicted octanol–water partition coefficient (Wildman–Crippen LogP) is 2.41. The number of nitrogens with zero attached hydrogens (tertiary/aromatic N) is 6. The molecule has 1 unspecified atom stereocenters. The van der Waals surface area contributed by atoms with Gasteiger partial charge >= 0.3 is 0 Å². The van der Waals surface area contributed by atoms with E-state index >= 15 is 0 Å². The molecule has 4 heterocycles. The fraction of sp³-hybridized carbons (Fsp3) is 0.455. The number of nitrogens with one attached hydrogen (secondary N) is 1. The molecule has 1 N–H and O–H groups in total. The monoisotopic (exact) mass is 405 g/mol. The summed E-state index contributed by atoms with van der Waals surface area (Å²) >= 11 is 0. The highest BCUT2D eigenvalue weighted by molar-refractivity contribution is 5.94. The van der Waals surface area contributed by atoms with Gasteiger partial charge < -0.3 is 14.8 Å². The van der Waals surface area contributed by atoms with Crippen LogP contribution in [-0.2, 0) is 20.0 Å². The van der Waals surface area contributed by atoms with Crippen LogP contribution in [0.5, 0.6) is 0 Å². The van der Waals surface area contributed by atoms with Crippen LogP contribution in [0.25, 0.3) is 11.4 Å². The van der Waals surface area contributed by atoms with Crippen LogP contribution in [0.2, 0.25) is 0 Å². The summed E-state index contributed by atoms with van der Waals surface area (Å²) in [6.07, 6.45) is 8.78. The lowest BCUT2D eigenvalue weighted by Crippen LogP contribution is -2.35. The largest absolute Gasteiger partial charge is 0.372 e. The highest BCUT2D eigenvalue weighted by Gasteiger charge is 2.23. The van der Waals surface area contributed by atoms with Gasteiger partial charge in [-0.1, -0.05) is 0 Å². The summed E-state index contributed by atoms with van der Waals surface area (Å²) in [4.78, 5) is 15.2. The first kappa shape index (κ1) is 18.8. The van der Waals surface area contributed by atoms with Gasteiger partial charge in [0.25, 0.3) is 5.91 Å². The zero-order valence-corrected chi connectivity index (χ0v) is 17.3. The quantitative estimate of drug-likeness (QED) is 0.721. The molecule has 0 spiro atoms. The highest BCUT2D eigenvalue weighted by atomic mass is 16.1. The molecule has 30 heavy (non-hydrogen) atoms. The van der Waals surface area contributed by atoms with Crippen LogP contribution in [0, 0.1) is 0 Å². The number of aryl methyl sites for hydroxylation is 2. The lowest BCUT2D eigenvalue weighted by atomic mass is 10.1. The van der Waals surface area contributed by atoms with Crippen molar-refractivity contribution in [1.29, 1.82) is 0 Å². The van der Waals surface area contributed by atoms with Gasteiger partial charge in [-0.2, -0.15) is 5.10 Å². The summed E-state index contributed by atoms with van der Waals surface area (Å²) < 4.78 is 3.93. The molecule has 8 heteroatoms. The summed E-state index contributed by atoms with van der Waals surface area (Å²) in [5, 5.41) is 16.2. The molecule has 2 aliphatic heterocycles. The minimum Gasteiger partial charge on any atom is -0.372 e. The van der Waals surface area contributed by atoms with Gasteiger partial charge in [0.1, 0.15) is 5.82 Å². The number of aromatic nitrogens is 5. The zero-order valence-electron chi connectivity index (χ0n) is 17.3. The molecule has 5 rings (SSSR count). The van der Waals surface area contributed by atoms with Gasteiger partial charge in [0.05, 0.1) is 11.8 Å². The highest BCUT2D eigenvalue weighted by Crippen LogP contribution is 2.23. The molecule has 2 aromatic heterocycles. The molecule has 156 valence electrons. The average Bonchev–Trinajstić information content (AvgIpc) is 3.49. The number of carbonyl (C=O) groups excluding carboxylic acids is 1. The van der Waals surface area contributed by atoms with Gasteiger partial charge in [0, 0.05) is 56.6 Å². The summed E-state index contributed by atoms with van der Waals surface area (Å²) in [7, 11) is 1.90. The topological polar surface area (TPSA) is 80.9 Å². The van der Waals surface area contributed by atoms with Crippen molar-refractivity contribution in [3.8, 4) is 11.4 Å². The second-order valence-corrected chi connectivity index (χ2v) is 8.23. The summed E-state index contributed by atoms with van der Waals surface area (Å²) in [5.74, 6) is 1.82. The third kappa shape index (κ3) is 3.69. The Kier molecular flexibility index (Phi) is 4.98. The molecular weight excluding hydrogens is 378 g/mol. The molecule has 0 aliphatic carbocycles. The summed E-state index contributed by atoms with van der Waals surface area (Å²) in [6, 6.07) is 8.13. The Morgan fingerprint density at radius 2 is 1.87 bits per heavy atom. The maximum atomic E-state index is 12.8. The maximum absolute atomic E-state index is 12.8. The van der Waals surface area contributed by atoms with Gasteiger partial charge in [-0.25, -0.2) is 0 Å². The Labute approximate surface area is 175 Å². The number of anilines is 1. The van der Waals surface area contributed by atoms with Crippen LogP contribution >= 0.6 is 0 Å². The second-order valence-electron chi connectivity index (χ2n) is 8.23. The smallest absolute Gasteiger partial charge is 0.251 e. The minimum atomic E-state index is -0.00174. The van der Waals surface area contributed by atoms with Gasteiger partial charge in [0.15, 0.2) is 5.82 Å². The summed E-state index contributed by atoms with van der Waals surface area (Å²) in [6.45, 7) is 3.00. The van der Waals surface area contributed by atoms with Gasteiger partial charge in [-0.05, 0) is 49.9 Å². The van der Waals surface area contributed by atoms with Gasteiger partial charge in [0.2, 0.25) is 0 Å². The number of hydrogen-bond acceptors (Lipinski definition) is 5. The zero-order chi connectivity index (χ0) is 20.5. The van der Waals surface area contributed by atoms with E-state index in [1.807, 2.05) is 31.6 Å².